The molecule has 0 bridgehead atoms. The van der Waals surface area contributed by atoms with Crippen LogP contribution in [0.15, 0.2) is 41.5 Å². The average molecular weight is 353 g/mol. The standard InChI is InChI=1S/C20H23N3O3/c1-26-19(24)11-6-15-2-7-17(8-3-15)22-12-13-23(20(22)25)18-9-4-16(14-21)5-10-18/h4-5,9-10,12-13,15,17H,2-3,6-8,11H2,1H3/t15-,17-. The molecule has 0 spiro atoms. The molecule has 1 heterocycles. The maximum Gasteiger partial charge on any atom is 0.332 e. The van der Waals surface area contributed by atoms with Crippen molar-refractivity contribution < 1.29 is 9.53 Å². The van der Waals surface area contributed by atoms with E-state index in [1.54, 1.807) is 35.0 Å². The van der Waals surface area contributed by atoms with Crippen LogP contribution in [0, 0.1) is 17.2 Å². The predicted octanol–water partition coefficient (Wildman–Crippen LogP) is 3.20. The molecule has 1 saturated carbocycles. The van der Waals surface area contributed by atoms with E-state index < -0.39 is 0 Å². The zero-order valence-corrected chi connectivity index (χ0v) is 14.9. The van der Waals surface area contributed by atoms with Crippen molar-refractivity contribution in [2.75, 3.05) is 7.11 Å². The molecule has 0 aliphatic heterocycles. The first-order chi connectivity index (χ1) is 12.6. The quantitative estimate of drug-likeness (QED) is 0.774. The van der Waals surface area contributed by atoms with E-state index in [1.165, 1.54) is 7.11 Å². The van der Waals surface area contributed by atoms with Gasteiger partial charge in [-0.1, -0.05) is 0 Å². The van der Waals surface area contributed by atoms with E-state index in [2.05, 4.69) is 6.07 Å². The van der Waals surface area contributed by atoms with Gasteiger partial charge in [-0.2, -0.15) is 5.26 Å². The molecule has 0 radical (unpaired) electrons. The maximum absolute atomic E-state index is 12.8. The van der Waals surface area contributed by atoms with Crippen molar-refractivity contribution >= 4 is 5.97 Å². The van der Waals surface area contributed by atoms with E-state index in [9.17, 15) is 9.59 Å². The molecule has 1 aliphatic carbocycles. The molecule has 6 heteroatoms. The lowest BCUT2D eigenvalue weighted by Gasteiger charge is -2.28. The van der Waals surface area contributed by atoms with E-state index in [-0.39, 0.29) is 17.7 Å². The monoisotopic (exact) mass is 353 g/mol. The molecule has 6 nitrogen and oxygen atoms in total. The summed E-state index contributed by atoms with van der Waals surface area (Å²) in [6, 6.07) is 9.29. The molecular weight excluding hydrogens is 330 g/mol. The van der Waals surface area contributed by atoms with Crippen LogP contribution >= 0.6 is 0 Å². The Bertz CT molecular complexity index is 850. The molecule has 0 atom stereocenters. The predicted molar refractivity (Wildman–Crippen MR) is 97.0 cm³/mol. The SMILES string of the molecule is COC(=O)CC[C@H]1CC[C@H](n2ccn(-c3ccc(C#N)cc3)c2=O)CC1. The Balaban J connectivity index is 1.65. The highest BCUT2D eigenvalue weighted by molar-refractivity contribution is 5.69. The van der Waals surface area contributed by atoms with Crippen LogP contribution < -0.4 is 5.69 Å². The van der Waals surface area contributed by atoms with Gasteiger partial charge in [0.2, 0.25) is 0 Å². The summed E-state index contributed by atoms with van der Waals surface area (Å²) in [7, 11) is 1.42. The van der Waals surface area contributed by atoms with Crippen molar-refractivity contribution in [3.8, 4) is 11.8 Å². The Morgan fingerprint density at radius 2 is 1.88 bits per heavy atom. The van der Waals surface area contributed by atoms with E-state index >= 15 is 0 Å². The van der Waals surface area contributed by atoms with Gasteiger partial charge in [0.15, 0.2) is 0 Å². The van der Waals surface area contributed by atoms with Gasteiger partial charge < -0.3 is 4.74 Å². The number of hydrogen-bond acceptors (Lipinski definition) is 4. The third-order valence-electron chi connectivity index (χ3n) is 5.27. The molecular formula is C20H23N3O3. The molecule has 3 rings (SSSR count). The van der Waals surface area contributed by atoms with Crippen LogP contribution in [-0.2, 0) is 9.53 Å². The lowest BCUT2D eigenvalue weighted by molar-refractivity contribution is -0.141. The fourth-order valence-corrected chi connectivity index (χ4v) is 3.70. The Labute approximate surface area is 152 Å². The van der Waals surface area contributed by atoms with Crippen LogP contribution in [0.3, 0.4) is 0 Å². The van der Waals surface area contributed by atoms with Crippen molar-refractivity contribution in [3.05, 3.63) is 52.7 Å². The van der Waals surface area contributed by atoms with E-state index in [0.29, 0.717) is 17.9 Å². The zero-order chi connectivity index (χ0) is 18.5. The number of aromatic nitrogens is 2. The second-order valence-electron chi connectivity index (χ2n) is 6.81. The van der Waals surface area contributed by atoms with Crippen LogP contribution in [-0.4, -0.2) is 22.2 Å². The van der Waals surface area contributed by atoms with Crippen LogP contribution in [0.4, 0.5) is 0 Å². The number of methoxy groups -OCH3 is 1. The van der Waals surface area contributed by atoms with Gasteiger partial charge in [0, 0.05) is 24.9 Å². The van der Waals surface area contributed by atoms with Gasteiger partial charge in [0.05, 0.1) is 24.4 Å². The molecule has 1 aromatic carbocycles. The second kappa shape index (κ2) is 8.05. The van der Waals surface area contributed by atoms with Crippen LogP contribution in [0.2, 0.25) is 0 Å². The van der Waals surface area contributed by atoms with Gasteiger partial charge in [0.25, 0.3) is 0 Å². The zero-order valence-electron chi connectivity index (χ0n) is 14.9. The lowest BCUT2D eigenvalue weighted by atomic mass is 9.83. The summed E-state index contributed by atoms with van der Waals surface area (Å²) in [4.78, 5) is 24.0. The Hall–Kier alpha value is -2.81. The highest BCUT2D eigenvalue weighted by Crippen LogP contribution is 2.33. The fraction of sp³-hybridized carbons (Fsp3) is 0.450. The van der Waals surface area contributed by atoms with Crippen molar-refractivity contribution in [2.45, 2.75) is 44.6 Å². The van der Waals surface area contributed by atoms with Crippen LogP contribution in [0.5, 0.6) is 0 Å². The molecule has 0 unspecified atom stereocenters. The summed E-state index contributed by atoms with van der Waals surface area (Å²) in [6.07, 6.45) is 8.91. The van der Waals surface area contributed by atoms with Crippen LogP contribution in [0.25, 0.3) is 5.69 Å². The molecule has 0 saturated heterocycles. The molecule has 1 aromatic heterocycles. The smallest absolute Gasteiger partial charge is 0.332 e. The molecule has 26 heavy (non-hydrogen) atoms. The van der Waals surface area contributed by atoms with Gasteiger partial charge in [-0.3, -0.25) is 13.9 Å². The molecule has 2 aromatic rings. The number of rotatable bonds is 5. The number of ether oxygens (including phenoxy) is 1. The topological polar surface area (TPSA) is 77.0 Å². The number of carbonyl (C=O) groups is 1. The van der Waals surface area contributed by atoms with Crippen molar-refractivity contribution in [1.29, 1.82) is 5.26 Å². The number of esters is 1. The number of carbonyl (C=O) groups excluding carboxylic acids is 1. The largest absolute Gasteiger partial charge is 0.469 e. The highest BCUT2D eigenvalue weighted by Gasteiger charge is 2.24. The van der Waals surface area contributed by atoms with E-state index in [1.807, 2.05) is 10.8 Å². The van der Waals surface area contributed by atoms with Gasteiger partial charge >= 0.3 is 11.7 Å². The van der Waals surface area contributed by atoms with Crippen molar-refractivity contribution in [1.82, 2.24) is 9.13 Å². The van der Waals surface area contributed by atoms with Crippen molar-refractivity contribution in [3.63, 3.8) is 0 Å². The minimum atomic E-state index is -0.150. The number of imidazole rings is 1. The second-order valence-corrected chi connectivity index (χ2v) is 6.81. The normalized spacial score (nSPS) is 19.7. The first-order valence-corrected chi connectivity index (χ1v) is 8.99. The lowest BCUT2D eigenvalue weighted by Crippen LogP contribution is -2.29. The molecule has 1 fully saturated rings. The number of nitriles is 1. The fourth-order valence-electron chi connectivity index (χ4n) is 3.70. The third kappa shape index (κ3) is 3.88. The van der Waals surface area contributed by atoms with Gasteiger partial charge in [-0.25, -0.2) is 4.79 Å². The Morgan fingerprint density at radius 1 is 1.19 bits per heavy atom. The van der Waals surface area contributed by atoms with Gasteiger partial charge in [-0.05, 0) is 62.3 Å². The summed E-state index contributed by atoms with van der Waals surface area (Å²) in [6.45, 7) is 0. The Morgan fingerprint density at radius 3 is 2.50 bits per heavy atom. The molecule has 136 valence electrons. The summed E-state index contributed by atoms with van der Waals surface area (Å²) in [5.74, 6) is 0.379. The minimum Gasteiger partial charge on any atom is -0.469 e. The number of nitrogens with zero attached hydrogens (tertiary/aromatic N) is 3. The first-order valence-electron chi connectivity index (χ1n) is 8.99. The molecule has 0 amide bonds. The average Bonchev–Trinajstić information content (AvgIpc) is 3.08. The summed E-state index contributed by atoms with van der Waals surface area (Å²) < 4.78 is 8.13. The highest BCUT2D eigenvalue weighted by atomic mass is 16.5. The minimum absolute atomic E-state index is 0.0484. The summed E-state index contributed by atoms with van der Waals surface area (Å²) in [5.41, 5.74) is 1.29. The summed E-state index contributed by atoms with van der Waals surface area (Å²) >= 11 is 0. The summed E-state index contributed by atoms with van der Waals surface area (Å²) in [5, 5.41) is 8.88. The van der Waals surface area contributed by atoms with E-state index in [4.69, 9.17) is 10.00 Å². The third-order valence-corrected chi connectivity index (χ3v) is 5.27. The van der Waals surface area contributed by atoms with Crippen LogP contribution in [0.1, 0.15) is 50.1 Å². The molecule has 0 N–H and O–H groups in total. The van der Waals surface area contributed by atoms with Gasteiger partial charge in [0.1, 0.15) is 0 Å². The Kier molecular flexibility index (Phi) is 5.57. The first kappa shape index (κ1) is 18.0. The maximum atomic E-state index is 12.8. The number of benzene rings is 1. The van der Waals surface area contributed by atoms with Crippen molar-refractivity contribution in [2.24, 2.45) is 5.92 Å². The van der Waals surface area contributed by atoms with E-state index in [0.717, 1.165) is 37.8 Å². The van der Waals surface area contributed by atoms with Gasteiger partial charge in [-0.15, -0.1) is 0 Å². The number of hydrogen-bond donors (Lipinski definition) is 0. The molecule has 1 aliphatic rings.